The molecule has 2 saturated heterocycles. The molecule has 0 aromatic heterocycles. The zero-order chi connectivity index (χ0) is 39.1. The van der Waals surface area contributed by atoms with Crippen molar-refractivity contribution in [2.45, 2.75) is 87.9 Å². The molecule has 2 aromatic carbocycles. The minimum absolute atomic E-state index is 0. The molecule has 0 amide bonds. The van der Waals surface area contributed by atoms with Crippen LogP contribution in [0.25, 0.3) is 0 Å². The number of hydrogen-bond acceptors (Lipinski definition) is 10. The van der Waals surface area contributed by atoms with Gasteiger partial charge in [0.1, 0.15) is 24.4 Å². The normalized spacial score (nSPS) is 33.8. The van der Waals surface area contributed by atoms with Gasteiger partial charge in [-0.1, -0.05) is 51.3 Å². The van der Waals surface area contributed by atoms with Gasteiger partial charge in [-0.2, -0.15) is 0 Å². The van der Waals surface area contributed by atoms with E-state index >= 15 is 0 Å². The van der Waals surface area contributed by atoms with Gasteiger partial charge in [-0.25, -0.2) is 9.13 Å². The van der Waals surface area contributed by atoms with Gasteiger partial charge in [-0.15, -0.1) is 0 Å². The molecule has 4 aliphatic carbocycles. The first kappa shape index (κ1) is 46.8. The molecular formula is C38H58N2O15P2. The summed E-state index contributed by atoms with van der Waals surface area (Å²) < 4.78 is 41.4. The quantitative estimate of drug-likeness (QED) is 0.158. The van der Waals surface area contributed by atoms with E-state index in [1.807, 2.05) is 24.3 Å². The Bertz CT molecular complexity index is 1800. The Morgan fingerprint density at radius 1 is 0.649 bits per heavy atom. The van der Waals surface area contributed by atoms with Gasteiger partial charge in [0.25, 0.3) is 0 Å². The molecule has 10 unspecified atom stereocenters. The Labute approximate surface area is 332 Å². The first-order valence-electron chi connectivity index (χ1n) is 17.8. The second-order valence-corrected chi connectivity index (χ2v) is 17.3. The minimum atomic E-state index is -4.64. The molecule has 57 heavy (non-hydrogen) atoms. The van der Waals surface area contributed by atoms with Gasteiger partial charge in [0.15, 0.2) is 23.0 Å². The molecule has 320 valence electrons. The van der Waals surface area contributed by atoms with Crippen molar-refractivity contribution < 1.29 is 73.1 Å². The van der Waals surface area contributed by atoms with Crippen molar-refractivity contribution in [3.8, 4) is 23.0 Å². The zero-order valence-electron chi connectivity index (χ0n) is 30.8. The number of phosphoric acid groups is 2. The molecule has 10 N–H and O–H groups in total. The Kier molecular flexibility index (Phi) is 13.7. The average Bonchev–Trinajstić information content (AvgIpc) is 3.63. The largest absolute Gasteiger partial charge is 0.493 e. The predicted octanol–water partition coefficient (Wildman–Crippen LogP) is 1.59. The van der Waals surface area contributed by atoms with E-state index in [4.69, 9.17) is 57.4 Å². The van der Waals surface area contributed by atoms with Crippen molar-refractivity contribution in [3.63, 3.8) is 0 Å². The van der Waals surface area contributed by atoms with E-state index in [0.717, 1.165) is 61.8 Å². The SMILES string of the molecule is C.C.COc1ccc2c3c1OC1C(O)C=CC4C(C2)N(C)CCC341.COc1ccc2c3c1OC1C(O)C=CC4C(C2)N(C)CCC341.O.O=P(O)(O)O.O=P(O)(O)O. The van der Waals surface area contributed by atoms with Gasteiger partial charge in [0, 0.05) is 45.9 Å². The van der Waals surface area contributed by atoms with Gasteiger partial charge in [-0.05, 0) is 76.1 Å². The third-order valence-electron chi connectivity index (χ3n) is 12.7. The second-order valence-electron chi connectivity index (χ2n) is 15.3. The van der Waals surface area contributed by atoms with E-state index in [0.29, 0.717) is 23.9 Å². The highest BCUT2D eigenvalue weighted by Crippen LogP contribution is 2.64. The molecule has 10 rings (SSSR count). The van der Waals surface area contributed by atoms with Gasteiger partial charge in [-0.3, -0.25) is 0 Å². The monoisotopic (exact) mass is 844 g/mol. The molecular weight excluding hydrogens is 786 g/mol. The molecule has 2 fully saturated rings. The van der Waals surface area contributed by atoms with Crippen LogP contribution in [0, 0.1) is 11.8 Å². The molecule has 19 heteroatoms. The van der Waals surface area contributed by atoms with Crippen LogP contribution >= 0.6 is 15.6 Å². The van der Waals surface area contributed by atoms with E-state index in [-0.39, 0.29) is 43.4 Å². The summed E-state index contributed by atoms with van der Waals surface area (Å²) >= 11 is 0. The summed E-state index contributed by atoms with van der Waals surface area (Å²) in [4.78, 5) is 48.1. The van der Waals surface area contributed by atoms with Crippen LogP contribution < -0.4 is 18.9 Å². The number of benzene rings is 2. The Balaban J connectivity index is 0.000000197. The summed E-state index contributed by atoms with van der Waals surface area (Å²) in [5.41, 5.74) is 5.21. The fraction of sp³-hybridized carbons (Fsp3) is 0.579. The highest BCUT2D eigenvalue weighted by molar-refractivity contribution is 7.45. The van der Waals surface area contributed by atoms with E-state index < -0.39 is 27.9 Å². The van der Waals surface area contributed by atoms with E-state index in [1.165, 1.54) is 22.3 Å². The van der Waals surface area contributed by atoms with Crippen molar-refractivity contribution in [2.75, 3.05) is 41.4 Å². The number of piperidine rings is 2. The van der Waals surface area contributed by atoms with Gasteiger partial charge in [0.05, 0.1) is 14.2 Å². The number of aliphatic hydroxyl groups is 2. The predicted molar refractivity (Wildman–Crippen MR) is 211 cm³/mol. The molecule has 4 aliphatic heterocycles. The lowest BCUT2D eigenvalue weighted by molar-refractivity contribution is -0.0453. The molecule has 4 bridgehead atoms. The summed E-state index contributed by atoms with van der Waals surface area (Å²) in [5, 5.41) is 21.1. The summed E-state index contributed by atoms with van der Waals surface area (Å²) in [5.74, 6) is 4.18. The lowest BCUT2D eigenvalue weighted by Gasteiger charge is -2.56. The first-order chi connectivity index (χ1) is 25.3. The van der Waals surface area contributed by atoms with Crippen LogP contribution in [0.3, 0.4) is 0 Å². The maximum atomic E-state index is 10.6. The number of rotatable bonds is 2. The molecule has 0 saturated carbocycles. The van der Waals surface area contributed by atoms with E-state index in [1.54, 1.807) is 14.2 Å². The summed E-state index contributed by atoms with van der Waals surface area (Å²) in [6.45, 7) is 2.11. The van der Waals surface area contributed by atoms with Crippen LogP contribution in [0.4, 0.5) is 0 Å². The number of aliphatic hydroxyl groups excluding tert-OH is 2. The van der Waals surface area contributed by atoms with Crippen LogP contribution in [0.2, 0.25) is 0 Å². The lowest BCUT2D eigenvalue weighted by Crippen LogP contribution is -2.64. The number of likely N-dealkylation sites (N-methyl/N-ethyl adjacent to an activating group) is 2. The zero-order valence-corrected chi connectivity index (χ0v) is 32.6. The maximum Gasteiger partial charge on any atom is 0.466 e. The molecule has 2 spiro atoms. The number of likely N-dealkylation sites (tertiary alicyclic amines) is 2. The van der Waals surface area contributed by atoms with Crippen LogP contribution in [0.15, 0.2) is 48.6 Å². The number of hydrogen-bond donors (Lipinski definition) is 8. The fourth-order valence-corrected chi connectivity index (χ4v) is 10.8. The van der Waals surface area contributed by atoms with Crippen molar-refractivity contribution >= 4 is 15.6 Å². The first-order valence-corrected chi connectivity index (χ1v) is 20.9. The lowest BCUT2D eigenvalue weighted by atomic mass is 9.53. The van der Waals surface area contributed by atoms with Crippen molar-refractivity contribution in [3.05, 3.63) is 70.8 Å². The molecule has 4 heterocycles. The number of methoxy groups -OCH3 is 2. The van der Waals surface area contributed by atoms with Crippen LogP contribution in [0.5, 0.6) is 23.0 Å². The Morgan fingerprint density at radius 3 is 1.30 bits per heavy atom. The van der Waals surface area contributed by atoms with Crippen molar-refractivity contribution in [1.82, 2.24) is 9.80 Å². The summed E-state index contributed by atoms with van der Waals surface area (Å²) in [7, 11) is -1.46. The van der Waals surface area contributed by atoms with Crippen molar-refractivity contribution in [2.24, 2.45) is 11.8 Å². The van der Waals surface area contributed by atoms with Gasteiger partial charge < -0.3 is 73.8 Å². The summed E-state index contributed by atoms with van der Waals surface area (Å²) in [6.07, 6.45) is 11.1. The summed E-state index contributed by atoms with van der Waals surface area (Å²) in [6, 6.07) is 9.40. The number of ether oxygens (including phenoxy) is 4. The number of nitrogens with zero attached hydrogens (tertiary/aromatic N) is 2. The highest BCUT2D eigenvalue weighted by atomic mass is 31.2. The van der Waals surface area contributed by atoms with E-state index in [2.05, 4.69) is 48.2 Å². The van der Waals surface area contributed by atoms with Crippen LogP contribution in [-0.4, -0.2) is 133 Å². The second kappa shape index (κ2) is 16.7. The minimum Gasteiger partial charge on any atom is -0.493 e. The molecule has 17 nitrogen and oxygen atoms in total. The highest BCUT2D eigenvalue weighted by Gasteiger charge is 2.65. The smallest absolute Gasteiger partial charge is 0.466 e. The Hall–Kier alpha value is -2.86. The Morgan fingerprint density at radius 2 is 0.982 bits per heavy atom. The van der Waals surface area contributed by atoms with Gasteiger partial charge >= 0.3 is 15.6 Å². The third-order valence-corrected chi connectivity index (χ3v) is 12.7. The molecule has 8 aliphatic rings. The molecule has 2 aromatic rings. The van der Waals surface area contributed by atoms with Crippen LogP contribution in [0.1, 0.15) is 49.9 Å². The topological polar surface area (TPSA) is 271 Å². The fourth-order valence-electron chi connectivity index (χ4n) is 10.8. The standard InChI is InChI=1S/2C18H21NO3.2CH4.2H3O4P.H2O/c2*1-19-8-7-18-11-4-5-13(20)17(18)22-16-14(21-2)6-3-10(15(16)18)9-12(11)19;;;2*1-5(2,3)4;/h2*3-6,11-13,17,20H,7-9H2,1-2H3;2*1H4;2*(H3,1,2,3,4);1H2. The third kappa shape index (κ3) is 7.84. The van der Waals surface area contributed by atoms with Gasteiger partial charge in [0.2, 0.25) is 0 Å². The average molecular weight is 845 g/mol. The van der Waals surface area contributed by atoms with Crippen molar-refractivity contribution in [1.29, 1.82) is 0 Å². The van der Waals surface area contributed by atoms with E-state index in [9.17, 15) is 10.2 Å². The maximum absolute atomic E-state index is 10.6. The molecule has 0 radical (unpaired) electrons. The molecule has 10 atom stereocenters. The van der Waals surface area contributed by atoms with Crippen LogP contribution in [-0.2, 0) is 32.8 Å².